The van der Waals surface area contributed by atoms with Gasteiger partial charge in [-0.05, 0) is 54.8 Å². The van der Waals surface area contributed by atoms with E-state index in [0.29, 0.717) is 0 Å². The Labute approximate surface area is 128 Å². The van der Waals surface area contributed by atoms with Gasteiger partial charge in [0.15, 0.2) is 0 Å². The number of hydrogen-bond donors (Lipinski definition) is 1. The third-order valence-corrected chi connectivity index (χ3v) is 4.09. The van der Waals surface area contributed by atoms with Crippen molar-refractivity contribution >= 4 is 5.69 Å². The predicted octanol–water partition coefficient (Wildman–Crippen LogP) is 4.07. The summed E-state index contributed by atoms with van der Waals surface area (Å²) in [4.78, 5) is 2.15. The third kappa shape index (κ3) is 3.45. The van der Waals surface area contributed by atoms with Gasteiger partial charge in [0.25, 0.3) is 0 Å². The lowest BCUT2D eigenvalue weighted by atomic mass is 9.92. The maximum absolute atomic E-state index is 3.63. The summed E-state index contributed by atoms with van der Waals surface area (Å²) in [5, 5.41) is 3.63. The Morgan fingerprint density at radius 2 is 1.76 bits per heavy atom. The van der Waals surface area contributed by atoms with Crippen LogP contribution in [-0.4, -0.2) is 20.6 Å². The summed E-state index contributed by atoms with van der Waals surface area (Å²) in [6.07, 6.45) is 0. The van der Waals surface area contributed by atoms with E-state index in [1.54, 1.807) is 0 Å². The number of aryl methyl sites for hydroxylation is 1. The first-order chi connectivity index (χ1) is 10.0. The highest BCUT2D eigenvalue weighted by atomic mass is 15.1. The van der Waals surface area contributed by atoms with Gasteiger partial charge >= 0.3 is 0 Å². The molecule has 0 heterocycles. The van der Waals surface area contributed by atoms with Crippen LogP contribution in [0, 0.1) is 13.8 Å². The largest absolute Gasteiger partial charge is 0.378 e. The molecule has 0 bridgehead atoms. The van der Waals surface area contributed by atoms with Crippen molar-refractivity contribution in [2.24, 2.45) is 0 Å². The molecule has 21 heavy (non-hydrogen) atoms. The van der Waals surface area contributed by atoms with Crippen LogP contribution in [0.2, 0.25) is 0 Å². The summed E-state index contributed by atoms with van der Waals surface area (Å²) < 4.78 is 0. The van der Waals surface area contributed by atoms with Crippen molar-refractivity contribution in [1.82, 2.24) is 5.32 Å². The van der Waals surface area contributed by atoms with E-state index in [2.05, 4.69) is 87.5 Å². The van der Waals surface area contributed by atoms with Crippen LogP contribution in [0.15, 0.2) is 42.5 Å². The van der Waals surface area contributed by atoms with Gasteiger partial charge in [-0.2, -0.15) is 0 Å². The molecule has 0 aliphatic rings. The van der Waals surface area contributed by atoms with E-state index in [-0.39, 0.29) is 6.04 Å². The highest BCUT2D eigenvalue weighted by Crippen LogP contribution is 2.28. The summed E-state index contributed by atoms with van der Waals surface area (Å²) >= 11 is 0. The molecule has 0 aromatic heterocycles. The molecule has 0 fully saturated rings. The van der Waals surface area contributed by atoms with Gasteiger partial charge in [0.2, 0.25) is 0 Å². The SMILES string of the molecule is CCNC(c1cccc(N(C)C)c1)c1cccc(C)c1C. The number of nitrogens with zero attached hydrogens (tertiary/aromatic N) is 1. The third-order valence-electron chi connectivity index (χ3n) is 4.09. The van der Waals surface area contributed by atoms with Crippen molar-refractivity contribution in [3.05, 3.63) is 64.7 Å². The Morgan fingerprint density at radius 1 is 1.05 bits per heavy atom. The van der Waals surface area contributed by atoms with E-state index in [4.69, 9.17) is 0 Å². The first-order valence-corrected chi connectivity index (χ1v) is 7.61. The molecule has 2 aromatic carbocycles. The van der Waals surface area contributed by atoms with E-state index in [9.17, 15) is 0 Å². The summed E-state index contributed by atoms with van der Waals surface area (Å²) in [6.45, 7) is 7.50. The van der Waals surface area contributed by atoms with Crippen LogP contribution in [0.25, 0.3) is 0 Å². The van der Waals surface area contributed by atoms with Gasteiger partial charge in [-0.1, -0.05) is 37.3 Å². The molecule has 0 saturated heterocycles. The molecule has 1 N–H and O–H groups in total. The second kappa shape index (κ2) is 6.77. The van der Waals surface area contributed by atoms with Gasteiger partial charge in [0, 0.05) is 19.8 Å². The smallest absolute Gasteiger partial charge is 0.0580 e. The van der Waals surface area contributed by atoms with Crippen LogP contribution < -0.4 is 10.2 Å². The van der Waals surface area contributed by atoms with Crippen LogP contribution in [0.5, 0.6) is 0 Å². The zero-order valence-corrected chi connectivity index (χ0v) is 13.8. The molecule has 0 aliphatic heterocycles. The zero-order chi connectivity index (χ0) is 15.4. The molecule has 0 saturated carbocycles. The fourth-order valence-corrected chi connectivity index (χ4v) is 2.68. The molecule has 1 atom stereocenters. The fourth-order valence-electron chi connectivity index (χ4n) is 2.68. The quantitative estimate of drug-likeness (QED) is 0.889. The van der Waals surface area contributed by atoms with Crippen LogP contribution in [0.4, 0.5) is 5.69 Å². The summed E-state index contributed by atoms with van der Waals surface area (Å²) in [5.41, 5.74) is 6.64. The lowest BCUT2D eigenvalue weighted by molar-refractivity contribution is 0.627. The lowest BCUT2D eigenvalue weighted by Crippen LogP contribution is -2.23. The molecular weight excluding hydrogens is 256 g/mol. The number of hydrogen-bond acceptors (Lipinski definition) is 2. The van der Waals surface area contributed by atoms with E-state index in [1.807, 2.05) is 0 Å². The maximum atomic E-state index is 3.63. The number of anilines is 1. The van der Waals surface area contributed by atoms with Crippen molar-refractivity contribution in [3.8, 4) is 0 Å². The molecule has 0 spiro atoms. The van der Waals surface area contributed by atoms with E-state index in [1.165, 1.54) is 27.9 Å². The van der Waals surface area contributed by atoms with Gasteiger partial charge in [0.05, 0.1) is 6.04 Å². The number of rotatable bonds is 5. The molecule has 2 heteroatoms. The Morgan fingerprint density at radius 3 is 2.43 bits per heavy atom. The van der Waals surface area contributed by atoms with Gasteiger partial charge < -0.3 is 10.2 Å². The lowest BCUT2D eigenvalue weighted by Gasteiger charge is -2.23. The molecule has 0 amide bonds. The molecule has 112 valence electrons. The van der Waals surface area contributed by atoms with Crippen LogP contribution >= 0.6 is 0 Å². The summed E-state index contributed by atoms with van der Waals surface area (Å²) in [5.74, 6) is 0. The predicted molar refractivity (Wildman–Crippen MR) is 92.2 cm³/mol. The Kier molecular flexibility index (Phi) is 5.03. The molecule has 2 rings (SSSR count). The standard InChI is InChI=1S/C19H26N2/c1-6-20-19(18-12-7-9-14(2)15(18)3)16-10-8-11-17(13-16)21(4)5/h7-13,19-20H,6H2,1-5H3. The van der Waals surface area contributed by atoms with Crippen LogP contribution in [-0.2, 0) is 0 Å². The molecular formula is C19H26N2. The van der Waals surface area contributed by atoms with Gasteiger partial charge in [0.1, 0.15) is 0 Å². The molecule has 0 aliphatic carbocycles. The Bertz CT molecular complexity index is 602. The van der Waals surface area contributed by atoms with Crippen molar-refractivity contribution < 1.29 is 0 Å². The van der Waals surface area contributed by atoms with Gasteiger partial charge in [-0.25, -0.2) is 0 Å². The van der Waals surface area contributed by atoms with Crippen LogP contribution in [0.1, 0.15) is 35.2 Å². The Hall–Kier alpha value is -1.80. The minimum Gasteiger partial charge on any atom is -0.378 e. The van der Waals surface area contributed by atoms with Gasteiger partial charge in [-0.15, -0.1) is 0 Å². The average Bonchev–Trinajstić information content (AvgIpc) is 2.48. The van der Waals surface area contributed by atoms with E-state index < -0.39 is 0 Å². The average molecular weight is 282 g/mol. The minimum absolute atomic E-state index is 0.245. The number of benzene rings is 2. The van der Waals surface area contributed by atoms with Crippen molar-refractivity contribution in [3.63, 3.8) is 0 Å². The van der Waals surface area contributed by atoms with E-state index >= 15 is 0 Å². The monoisotopic (exact) mass is 282 g/mol. The summed E-state index contributed by atoms with van der Waals surface area (Å²) in [7, 11) is 4.17. The number of nitrogens with one attached hydrogen (secondary N) is 1. The first-order valence-electron chi connectivity index (χ1n) is 7.61. The molecule has 1 unspecified atom stereocenters. The zero-order valence-electron chi connectivity index (χ0n) is 13.8. The fraction of sp³-hybridized carbons (Fsp3) is 0.368. The summed E-state index contributed by atoms with van der Waals surface area (Å²) in [6, 6.07) is 15.6. The highest BCUT2D eigenvalue weighted by Gasteiger charge is 2.16. The second-order valence-electron chi connectivity index (χ2n) is 5.77. The second-order valence-corrected chi connectivity index (χ2v) is 5.77. The van der Waals surface area contributed by atoms with Crippen LogP contribution in [0.3, 0.4) is 0 Å². The first kappa shape index (κ1) is 15.6. The van der Waals surface area contributed by atoms with Gasteiger partial charge in [-0.3, -0.25) is 0 Å². The van der Waals surface area contributed by atoms with Crippen molar-refractivity contribution in [1.29, 1.82) is 0 Å². The van der Waals surface area contributed by atoms with Crippen molar-refractivity contribution in [2.75, 3.05) is 25.5 Å². The minimum atomic E-state index is 0.245. The Balaban J connectivity index is 2.48. The van der Waals surface area contributed by atoms with E-state index in [0.717, 1.165) is 6.54 Å². The van der Waals surface area contributed by atoms with Crippen molar-refractivity contribution in [2.45, 2.75) is 26.8 Å². The maximum Gasteiger partial charge on any atom is 0.0580 e. The normalized spacial score (nSPS) is 12.2. The molecule has 2 nitrogen and oxygen atoms in total. The molecule has 2 aromatic rings. The highest BCUT2D eigenvalue weighted by molar-refractivity contribution is 5.50. The molecule has 0 radical (unpaired) electrons. The topological polar surface area (TPSA) is 15.3 Å².